The maximum Gasteiger partial charge on any atom is 0.221 e. The van der Waals surface area contributed by atoms with Gasteiger partial charge in [0.25, 0.3) is 0 Å². The molecule has 0 aliphatic carbocycles. The van der Waals surface area contributed by atoms with E-state index in [0.717, 1.165) is 35.7 Å². The van der Waals surface area contributed by atoms with Crippen molar-refractivity contribution in [2.75, 3.05) is 26.0 Å². The van der Waals surface area contributed by atoms with Crippen LogP contribution in [0.3, 0.4) is 0 Å². The first-order chi connectivity index (χ1) is 12.5. The number of guanidine groups is 1. The topological polar surface area (TPSA) is 56.7 Å². The van der Waals surface area contributed by atoms with Gasteiger partial charge in [0.05, 0.1) is 0 Å². The number of rotatable bonds is 6. The molecule has 2 aromatic rings. The lowest BCUT2D eigenvalue weighted by molar-refractivity contribution is -0.114. The maximum absolute atomic E-state index is 13.3. The van der Waals surface area contributed by atoms with Crippen LogP contribution in [0.2, 0.25) is 0 Å². The number of aliphatic imine (C=N–C) groups is 1. The SMILES string of the molecule is CN=C(NCCc1ccc(NC(C)=O)cc1)N(C)Cc1cccc(F)c1.I. The van der Waals surface area contributed by atoms with Crippen LogP contribution in [0.5, 0.6) is 0 Å². The van der Waals surface area contributed by atoms with Crippen LogP contribution in [0.4, 0.5) is 10.1 Å². The quantitative estimate of drug-likeness (QED) is 0.374. The van der Waals surface area contributed by atoms with Gasteiger partial charge in [-0.1, -0.05) is 24.3 Å². The Morgan fingerprint density at radius 3 is 2.44 bits per heavy atom. The highest BCUT2D eigenvalue weighted by molar-refractivity contribution is 14.0. The molecule has 5 nitrogen and oxygen atoms in total. The van der Waals surface area contributed by atoms with E-state index in [9.17, 15) is 9.18 Å². The Labute approximate surface area is 177 Å². The first-order valence-electron chi connectivity index (χ1n) is 8.50. The smallest absolute Gasteiger partial charge is 0.221 e. The second kappa shape index (κ2) is 11.5. The molecule has 2 aromatic carbocycles. The highest BCUT2D eigenvalue weighted by Crippen LogP contribution is 2.10. The predicted octanol–water partition coefficient (Wildman–Crippen LogP) is 3.65. The number of carbonyl (C=O) groups is 1. The minimum absolute atomic E-state index is 0. The van der Waals surface area contributed by atoms with E-state index < -0.39 is 0 Å². The number of carbonyl (C=O) groups excluding carboxylic acids is 1. The zero-order chi connectivity index (χ0) is 18.9. The van der Waals surface area contributed by atoms with Gasteiger partial charge in [-0.2, -0.15) is 0 Å². The van der Waals surface area contributed by atoms with Crippen molar-refractivity contribution in [1.29, 1.82) is 0 Å². The zero-order valence-corrected chi connectivity index (χ0v) is 18.2. The van der Waals surface area contributed by atoms with Crippen LogP contribution in [-0.4, -0.2) is 37.4 Å². The van der Waals surface area contributed by atoms with Gasteiger partial charge >= 0.3 is 0 Å². The maximum atomic E-state index is 13.3. The summed E-state index contributed by atoms with van der Waals surface area (Å²) < 4.78 is 13.3. The number of amides is 1. The average molecular weight is 484 g/mol. The molecule has 0 saturated carbocycles. The molecule has 2 rings (SSSR count). The Morgan fingerprint density at radius 1 is 1.15 bits per heavy atom. The van der Waals surface area contributed by atoms with Crippen molar-refractivity contribution in [2.45, 2.75) is 19.9 Å². The second-order valence-electron chi connectivity index (χ2n) is 6.09. The number of nitrogens with one attached hydrogen (secondary N) is 2. The van der Waals surface area contributed by atoms with Gasteiger partial charge in [0.1, 0.15) is 5.82 Å². The third-order valence-corrected chi connectivity index (χ3v) is 3.85. The molecule has 0 heterocycles. The number of halogens is 2. The molecule has 0 spiro atoms. The Hall–Kier alpha value is -2.16. The molecule has 2 N–H and O–H groups in total. The van der Waals surface area contributed by atoms with E-state index in [2.05, 4.69) is 15.6 Å². The summed E-state index contributed by atoms with van der Waals surface area (Å²) in [6.45, 7) is 2.78. The monoisotopic (exact) mass is 484 g/mol. The van der Waals surface area contributed by atoms with Gasteiger partial charge in [0, 0.05) is 39.8 Å². The Morgan fingerprint density at radius 2 is 1.85 bits per heavy atom. The van der Waals surface area contributed by atoms with Crippen molar-refractivity contribution in [3.05, 3.63) is 65.5 Å². The van der Waals surface area contributed by atoms with Crippen molar-refractivity contribution < 1.29 is 9.18 Å². The minimum Gasteiger partial charge on any atom is -0.356 e. The lowest BCUT2D eigenvalue weighted by atomic mass is 10.1. The number of anilines is 1. The minimum atomic E-state index is -0.235. The molecule has 0 radical (unpaired) electrons. The molecule has 0 fully saturated rings. The van der Waals surface area contributed by atoms with E-state index in [4.69, 9.17) is 0 Å². The lowest BCUT2D eigenvalue weighted by Gasteiger charge is -2.22. The van der Waals surface area contributed by atoms with E-state index >= 15 is 0 Å². The van der Waals surface area contributed by atoms with Crippen LogP contribution in [-0.2, 0) is 17.8 Å². The van der Waals surface area contributed by atoms with Crippen LogP contribution in [0.25, 0.3) is 0 Å². The molecule has 7 heteroatoms. The van der Waals surface area contributed by atoms with Crippen LogP contribution in [0, 0.1) is 5.82 Å². The predicted molar refractivity (Wildman–Crippen MR) is 119 cm³/mol. The summed E-state index contributed by atoms with van der Waals surface area (Å²) in [6, 6.07) is 14.3. The van der Waals surface area contributed by atoms with Gasteiger partial charge in [-0.15, -0.1) is 24.0 Å². The normalized spacial score (nSPS) is 10.7. The van der Waals surface area contributed by atoms with Gasteiger partial charge in [0.15, 0.2) is 5.96 Å². The van der Waals surface area contributed by atoms with Crippen molar-refractivity contribution in [2.24, 2.45) is 4.99 Å². The van der Waals surface area contributed by atoms with Crippen LogP contribution >= 0.6 is 24.0 Å². The average Bonchev–Trinajstić information content (AvgIpc) is 2.59. The highest BCUT2D eigenvalue weighted by Gasteiger charge is 2.07. The number of hydrogen-bond donors (Lipinski definition) is 2. The molecule has 0 saturated heterocycles. The van der Waals surface area contributed by atoms with E-state index in [-0.39, 0.29) is 35.7 Å². The fourth-order valence-corrected chi connectivity index (χ4v) is 2.65. The van der Waals surface area contributed by atoms with Gasteiger partial charge in [-0.3, -0.25) is 9.79 Å². The lowest BCUT2D eigenvalue weighted by Crippen LogP contribution is -2.39. The second-order valence-corrected chi connectivity index (χ2v) is 6.09. The Bertz CT molecular complexity index is 765. The fraction of sp³-hybridized carbons (Fsp3) is 0.300. The summed E-state index contributed by atoms with van der Waals surface area (Å²) in [5.74, 6) is 0.440. The van der Waals surface area contributed by atoms with Crippen LogP contribution in [0.15, 0.2) is 53.5 Å². The number of nitrogens with zero attached hydrogens (tertiary/aromatic N) is 2. The van der Waals surface area contributed by atoms with Gasteiger partial charge in [-0.05, 0) is 41.8 Å². The molecule has 0 bridgehead atoms. The fourth-order valence-electron chi connectivity index (χ4n) is 2.65. The largest absolute Gasteiger partial charge is 0.356 e. The van der Waals surface area contributed by atoms with E-state index in [1.54, 1.807) is 13.1 Å². The Balaban J connectivity index is 0.00000364. The molecule has 0 aliphatic rings. The van der Waals surface area contributed by atoms with Gasteiger partial charge in [0.2, 0.25) is 5.91 Å². The van der Waals surface area contributed by atoms with Crippen LogP contribution < -0.4 is 10.6 Å². The van der Waals surface area contributed by atoms with Crippen molar-refractivity contribution in [3.8, 4) is 0 Å². The third-order valence-electron chi connectivity index (χ3n) is 3.85. The first kappa shape index (κ1) is 22.9. The first-order valence-corrected chi connectivity index (χ1v) is 8.50. The zero-order valence-electron chi connectivity index (χ0n) is 15.8. The molecule has 0 unspecified atom stereocenters. The molecular formula is C20H26FIN4O. The molecule has 27 heavy (non-hydrogen) atoms. The van der Waals surface area contributed by atoms with E-state index in [1.165, 1.54) is 19.1 Å². The van der Waals surface area contributed by atoms with Gasteiger partial charge < -0.3 is 15.5 Å². The summed E-state index contributed by atoms with van der Waals surface area (Å²) in [5, 5.41) is 6.06. The van der Waals surface area contributed by atoms with Crippen molar-refractivity contribution in [1.82, 2.24) is 10.2 Å². The molecule has 0 aliphatic heterocycles. The standard InChI is InChI=1S/C20H25FN4O.HI/c1-15(26)24-19-9-7-16(8-10-19)11-12-23-20(22-2)25(3)14-17-5-4-6-18(21)13-17;/h4-10,13H,11-12,14H2,1-3H3,(H,22,23)(H,24,26);1H. The molecular weight excluding hydrogens is 458 g/mol. The highest BCUT2D eigenvalue weighted by atomic mass is 127. The molecule has 1 amide bonds. The number of benzene rings is 2. The molecule has 146 valence electrons. The van der Waals surface area contributed by atoms with Gasteiger partial charge in [-0.25, -0.2) is 4.39 Å². The summed E-state index contributed by atoms with van der Waals surface area (Å²) in [4.78, 5) is 17.3. The van der Waals surface area contributed by atoms with Crippen LogP contribution in [0.1, 0.15) is 18.1 Å². The van der Waals surface area contributed by atoms with Crippen molar-refractivity contribution >= 4 is 41.5 Å². The molecule has 0 aromatic heterocycles. The summed E-state index contributed by atoms with van der Waals surface area (Å²) in [5.41, 5.74) is 2.85. The van der Waals surface area contributed by atoms with E-state index in [1.807, 2.05) is 42.3 Å². The Kier molecular flexibility index (Phi) is 9.77. The molecule has 0 atom stereocenters. The summed E-state index contributed by atoms with van der Waals surface area (Å²) in [7, 11) is 3.65. The summed E-state index contributed by atoms with van der Waals surface area (Å²) in [6.07, 6.45) is 0.827. The third kappa shape index (κ3) is 7.94. The number of hydrogen-bond acceptors (Lipinski definition) is 2. The van der Waals surface area contributed by atoms with Crippen molar-refractivity contribution in [3.63, 3.8) is 0 Å². The summed E-state index contributed by atoms with van der Waals surface area (Å²) >= 11 is 0. The van der Waals surface area contributed by atoms with E-state index in [0.29, 0.717) is 6.54 Å².